The summed E-state index contributed by atoms with van der Waals surface area (Å²) in [5.74, 6) is 0.734. The lowest BCUT2D eigenvalue weighted by Crippen LogP contribution is -2.20. The lowest BCUT2D eigenvalue weighted by Gasteiger charge is -2.15. The summed E-state index contributed by atoms with van der Waals surface area (Å²) in [5, 5.41) is 5.57. The van der Waals surface area contributed by atoms with Crippen LogP contribution in [0.15, 0.2) is 48.9 Å². The van der Waals surface area contributed by atoms with Crippen LogP contribution >= 0.6 is 0 Å². The van der Waals surface area contributed by atoms with Crippen molar-refractivity contribution in [2.45, 2.75) is 19.4 Å². The molecule has 0 spiro atoms. The maximum atomic E-state index is 4.47. The summed E-state index contributed by atoms with van der Waals surface area (Å²) in [6.45, 7) is 3.37. The van der Waals surface area contributed by atoms with Gasteiger partial charge in [-0.3, -0.25) is 14.6 Å². The fraction of sp³-hybridized carbons (Fsp3) is 0.368. The maximum Gasteiger partial charge on any atom is 0.0704 e. The van der Waals surface area contributed by atoms with E-state index in [2.05, 4.69) is 51.5 Å². The van der Waals surface area contributed by atoms with Crippen LogP contribution in [-0.2, 0) is 20.0 Å². The molecule has 0 aliphatic carbocycles. The van der Waals surface area contributed by atoms with Crippen LogP contribution in [-0.4, -0.2) is 32.8 Å². The highest BCUT2D eigenvalue weighted by Crippen LogP contribution is 2.25. The van der Waals surface area contributed by atoms with E-state index in [9.17, 15) is 0 Å². The Labute approximate surface area is 136 Å². The molecule has 1 aliphatic rings. The van der Waals surface area contributed by atoms with Gasteiger partial charge in [-0.1, -0.05) is 18.2 Å². The molecular weight excluding hydrogens is 284 g/mol. The summed E-state index contributed by atoms with van der Waals surface area (Å²) in [5.41, 5.74) is 3.85. The second-order valence-corrected chi connectivity index (χ2v) is 6.60. The molecule has 4 nitrogen and oxygen atoms in total. The molecule has 4 rings (SSSR count). The molecule has 3 aromatic rings. The first-order valence-corrected chi connectivity index (χ1v) is 8.30. The van der Waals surface area contributed by atoms with Crippen molar-refractivity contribution < 1.29 is 0 Å². The van der Waals surface area contributed by atoms with Crippen molar-refractivity contribution in [3.8, 4) is 0 Å². The molecule has 1 aliphatic heterocycles. The van der Waals surface area contributed by atoms with E-state index in [0.29, 0.717) is 0 Å². The average Bonchev–Trinajstić information content (AvgIpc) is 3.17. The molecule has 1 aromatic carbocycles. The van der Waals surface area contributed by atoms with Crippen molar-refractivity contribution in [2.24, 2.45) is 13.0 Å². The third kappa shape index (κ3) is 3.13. The molecule has 0 unspecified atom stereocenters. The van der Waals surface area contributed by atoms with Gasteiger partial charge in [0.05, 0.1) is 11.7 Å². The van der Waals surface area contributed by atoms with Crippen LogP contribution in [0.5, 0.6) is 0 Å². The summed E-state index contributed by atoms with van der Waals surface area (Å²) < 4.78 is 1.88. The van der Waals surface area contributed by atoms with E-state index in [4.69, 9.17) is 0 Å². The first kappa shape index (κ1) is 14.4. The minimum Gasteiger partial charge on any atom is -0.299 e. The number of para-hydroxylation sites is 1. The second kappa shape index (κ2) is 6.13. The Morgan fingerprint density at radius 1 is 1.22 bits per heavy atom. The molecule has 1 atom stereocenters. The van der Waals surface area contributed by atoms with Crippen LogP contribution in [0, 0.1) is 5.92 Å². The van der Waals surface area contributed by atoms with Crippen LogP contribution in [0.4, 0.5) is 0 Å². The van der Waals surface area contributed by atoms with Crippen molar-refractivity contribution in [1.82, 2.24) is 19.7 Å². The predicted molar refractivity (Wildman–Crippen MR) is 92.0 cm³/mol. The van der Waals surface area contributed by atoms with Gasteiger partial charge in [-0.15, -0.1) is 0 Å². The number of hydrogen-bond acceptors (Lipinski definition) is 3. The Morgan fingerprint density at radius 3 is 3.00 bits per heavy atom. The number of aryl methyl sites for hydroxylation is 1. The zero-order valence-corrected chi connectivity index (χ0v) is 13.5. The third-order valence-electron chi connectivity index (χ3n) is 4.78. The van der Waals surface area contributed by atoms with Crippen LogP contribution < -0.4 is 0 Å². The molecule has 0 bridgehead atoms. The summed E-state index contributed by atoms with van der Waals surface area (Å²) >= 11 is 0. The normalized spacial score (nSPS) is 18.7. The van der Waals surface area contributed by atoms with E-state index in [0.717, 1.165) is 24.4 Å². The minimum absolute atomic E-state index is 0.734. The topological polar surface area (TPSA) is 34.0 Å². The Morgan fingerprint density at radius 2 is 2.13 bits per heavy atom. The summed E-state index contributed by atoms with van der Waals surface area (Å²) in [7, 11) is 1.98. The quantitative estimate of drug-likeness (QED) is 0.743. The van der Waals surface area contributed by atoms with Gasteiger partial charge in [0.15, 0.2) is 0 Å². The molecule has 23 heavy (non-hydrogen) atoms. The van der Waals surface area contributed by atoms with Crippen molar-refractivity contribution in [3.63, 3.8) is 0 Å². The number of rotatable bonds is 4. The van der Waals surface area contributed by atoms with Gasteiger partial charge in [-0.2, -0.15) is 5.10 Å². The highest BCUT2D eigenvalue weighted by molar-refractivity contribution is 5.81. The van der Waals surface area contributed by atoms with Gasteiger partial charge < -0.3 is 0 Å². The number of pyridine rings is 1. The number of benzene rings is 1. The predicted octanol–water partition coefficient (Wildman–Crippen LogP) is 3.03. The van der Waals surface area contributed by atoms with Gasteiger partial charge in [0.2, 0.25) is 0 Å². The molecule has 0 amide bonds. The largest absolute Gasteiger partial charge is 0.299 e. The number of fused-ring (bicyclic) bond motifs is 1. The Kier molecular flexibility index (Phi) is 3.83. The lowest BCUT2D eigenvalue weighted by atomic mass is 9.96. The van der Waals surface area contributed by atoms with E-state index in [1.807, 2.05) is 24.1 Å². The number of aromatic nitrogens is 3. The van der Waals surface area contributed by atoms with Crippen LogP contribution in [0.3, 0.4) is 0 Å². The van der Waals surface area contributed by atoms with Crippen molar-refractivity contribution >= 4 is 10.9 Å². The lowest BCUT2D eigenvalue weighted by molar-refractivity contribution is 0.316. The zero-order chi connectivity index (χ0) is 15.6. The number of likely N-dealkylation sites (tertiary alicyclic amines) is 1. The number of hydrogen-bond donors (Lipinski definition) is 0. The Bertz CT molecular complexity index is 802. The highest BCUT2D eigenvalue weighted by atomic mass is 15.2. The first-order valence-electron chi connectivity index (χ1n) is 8.30. The van der Waals surface area contributed by atoms with E-state index in [-0.39, 0.29) is 0 Å². The van der Waals surface area contributed by atoms with E-state index < -0.39 is 0 Å². The molecule has 1 saturated heterocycles. The molecular formula is C19H22N4. The third-order valence-corrected chi connectivity index (χ3v) is 4.78. The standard InChI is InChI=1S/C19H22N4/c1-22-12-16(11-21-22)14-23-9-7-15(13-23)10-17-6-8-20-19-5-3-2-4-18(17)19/h2-6,8,11-12,15H,7,9-10,13-14H2,1H3/t15-/m1/s1. The first-order chi connectivity index (χ1) is 11.3. The summed E-state index contributed by atoms with van der Waals surface area (Å²) in [6.07, 6.45) is 8.46. The van der Waals surface area contributed by atoms with E-state index in [1.165, 1.54) is 36.0 Å². The molecule has 0 saturated carbocycles. The maximum absolute atomic E-state index is 4.47. The second-order valence-electron chi connectivity index (χ2n) is 6.60. The van der Waals surface area contributed by atoms with Crippen molar-refractivity contribution in [1.29, 1.82) is 0 Å². The van der Waals surface area contributed by atoms with Crippen LogP contribution in [0.25, 0.3) is 10.9 Å². The Balaban J connectivity index is 1.43. The SMILES string of the molecule is Cn1cc(CN2CC[C@H](Cc3ccnc4ccccc34)C2)cn1. The number of nitrogens with zero attached hydrogens (tertiary/aromatic N) is 4. The summed E-state index contributed by atoms with van der Waals surface area (Å²) in [4.78, 5) is 7.02. The molecule has 2 aromatic heterocycles. The van der Waals surface area contributed by atoms with Gasteiger partial charge in [0.25, 0.3) is 0 Å². The molecule has 0 N–H and O–H groups in total. The van der Waals surface area contributed by atoms with Crippen LogP contribution in [0.1, 0.15) is 17.5 Å². The van der Waals surface area contributed by atoms with Gasteiger partial charge in [0, 0.05) is 43.5 Å². The fourth-order valence-electron chi connectivity index (χ4n) is 3.68. The highest BCUT2D eigenvalue weighted by Gasteiger charge is 2.23. The minimum atomic E-state index is 0.734. The molecule has 0 radical (unpaired) electrons. The zero-order valence-electron chi connectivity index (χ0n) is 13.5. The smallest absolute Gasteiger partial charge is 0.0704 e. The molecule has 3 heterocycles. The monoisotopic (exact) mass is 306 g/mol. The average molecular weight is 306 g/mol. The summed E-state index contributed by atoms with van der Waals surface area (Å²) in [6, 6.07) is 10.6. The molecule has 4 heteroatoms. The van der Waals surface area contributed by atoms with Crippen LogP contribution in [0.2, 0.25) is 0 Å². The fourth-order valence-corrected chi connectivity index (χ4v) is 3.68. The van der Waals surface area contributed by atoms with Crippen molar-refractivity contribution in [2.75, 3.05) is 13.1 Å². The molecule has 1 fully saturated rings. The van der Waals surface area contributed by atoms with Gasteiger partial charge >= 0.3 is 0 Å². The molecule has 118 valence electrons. The van der Waals surface area contributed by atoms with E-state index >= 15 is 0 Å². The Hall–Kier alpha value is -2.20. The van der Waals surface area contributed by atoms with E-state index in [1.54, 1.807) is 0 Å². The van der Waals surface area contributed by atoms with Gasteiger partial charge in [0.1, 0.15) is 0 Å². The van der Waals surface area contributed by atoms with Gasteiger partial charge in [-0.05, 0) is 43.0 Å². The van der Waals surface area contributed by atoms with Crippen molar-refractivity contribution in [3.05, 3.63) is 60.0 Å². The van der Waals surface area contributed by atoms with Gasteiger partial charge in [-0.25, -0.2) is 0 Å².